The number of hydrogen-bond donors (Lipinski definition) is 1. The molecule has 0 amide bonds. The molecule has 0 bridgehead atoms. The standard InChI is InChI=1S/C18H31N3/c1-5-7-17-10-16(12-19-14(3)4)11-18(20-17)21(6-2)13-15-8-9-15/h10-11,14-15,19H,5-9,12-13H2,1-4H3. The molecular weight excluding hydrogens is 258 g/mol. The lowest BCUT2D eigenvalue weighted by molar-refractivity contribution is 0.587. The lowest BCUT2D eigenvalue weighted by Crippen LogP contribution is -2.27. The average molecular weight is 289 g/mol. The van der Waals surface area contributed by atoms with Crippen molar-refractivity contribution >= 4 is 5.82 Å². The number of nitrogens with zero attached hydrogens (tertiary/aromatic N) is 2. The van der Waals surface area contributed by atoms with Crippen molar-refractivity contribution in [3.8, 4) is 0 Å². The molecule has 0 aromatic carbocycles. The minimum atomic E-state index is 0.519. The average Bonchev–Trinajstić information content (AvgIpc) is 3.26. The Morgan fingerprint density at radius 1 is 1.29 bits per heavy atom. The maximum atomic E-state index is 4.90. The van der Waals surface area contributed by atoms with Crippen LogP contribution in [-0.4, -0.2) is 24.1 Å². The predicted octanol–water partition coefficient (Wildman–Crippen LogP) is 3.77. The van der Waals surface area contributed by atoms with Crippen molar-refractivity contribution < 1.29 is 0 Å². The van der Waals surface area contributed by atoms with Gasteiger partial charge >= 0.3 is 0 Å². The monoisotopic (exact) mass is 289 g/mol. The zero-order valence-electron chi connectivity index (χ0n) is 14.2. The fraction of sp³-hybridized carbons (Fsp3) is 0.722. The minimum Gasteiger partial charge on any atom is -0.357 e. The highest BCUT2D eigenvalue weighted by Crippen LogP contribution is 2.31. The third-order valence-electron chi connectivity index (χ3n) is 4.03. The number of hydrogen-bond acceptors (Lipinski definition) is 3. The van der Waals surface area contributed by atoms with E-state index in [4.69, 9.17) is 4.98 Å². The fourth-order valence-electron chi connectivity index (χ4n) is 2.60. The zero-order chi connectivity index (χ0) is 15.2. The van der Waals surface area contributed by atoms with Crippen molar-refractivity contribution in [1.82, 2.24) is 10.3 Å². The summed E-state index contributed by atoms with van der Waals surface area (Å²) in [5, 5.41) is 3.52. The lowest BCUT2D eigenvalue weighted by Gasteiger charge is -2.23. The molecule has 21 heavy (non-hydrogen) atoms. The first kappa shape index (κ1) is 16.3. The van der Waals surface area contributed by atoms with Gasteiger partial charge in [0, 0.05) is 31.4 Å². The predicted molar refractivity (Wildman–Crippen MR) is 90.8 cm³/mol. The summed E-state index contributed by atoms with van der Waals surface area (Å²) in [6.07, 6.45) is 5.02. The Morgan fingerprint density at radius 3 is 2.62 bits per heavy atom. The van der Waals surface area contributed by atoms with Crippen LogP contribution in [-0.2, 0) is 13.0 Å². The number of anilines is 1. The van der Waals surface area contributed by atoms with Crippen LogP contribution in [0, 0.1) is 5.92 Å². The highest BCUT2D eigenvalue weighted by atomic mass is 15.2. The molecule has 1 aliphatic carbocycles. The van der Waals surface area contributed by atoms with Crippen molar-refractivity contribution in [3.05, 3.63) is 23.4 Å². The minimum absolute atomic E-state index is 0.519. The van der Waals surface area contributed by atoms with Crippen LogP contribution in [0.3, 0.4) is 0 Å². The Bertz CT molecular complexity index is 438. The third kappa shape index (κ3) is 5.31. The van der Waals surface area contributed by atoms with Gasteiger partial charge in [-0.05, 0) is 49.8 Å². The van der Waals surface area contributed by atoms with Gasteiger partial charge in [-0.25, -0.2) is 4.98 Å². The second-order valence-corrected chi connectivity index (χ2v) is 6.59. The molecule has 1 aliphatic rings. The van der Waals surface area contributed by atoms with E-state index in [9.17, 15) is 0 Å². The molecule has 0 atom stereocenters. The summed E-state index contributed by atoms with van der Waals surface area (Å²) in [4.78, 5) is 7.35. The zero-order valence-corrected chi connectivity index (χ0v) is 14.2. The van der Waals surface area contributed by atoms with E-state index in [1.807, 2.05) is 0 Å². The Kier molecular flexibility index (Phi) is 6.04. The Morgan fingerprint density at radius 2 is 2.05 bits per heavy atom. The molecule has 0 radical (unpaired) electrons. The van der Waals surface area contributed by atoms with Crippen molar-refractivity contribution in [3.63, 3.8) is 0 Å². The van der Waals surface area contributed by atoms with E-state index >= 15 is 0 Å². The molecule has 0 saturated heterocycles. The topological polar surface area (TPSA) is 28.2 Å². The van der Waals surface area contributed by atoms with E-state index in [1.165, 1.54) is 36.5 Å². The number of aromatic nitrogens is 1. The maximum absolute atomic E-state index is 4.90. The van der Waals surface area contributed by atoms with E-state index in [-0.39, 0.29) is 0 Å². The van der Waals surface area contributed by atoms with Gasteiger partial charge < -0.3 is 10.2 Å². The molecule has 1 aromatic rings. The van der Waals surface area contributed by atoms with Crippen molar-refractivity contribution in [2.45, 2.75) is 66.0 Å². The van der Waals surface area contributed by atoms with Gasteiger partial charge in [-0.1, -0.05) is 27.2 Å². The Hall–Kier alpha value is -1.09. The van der Waals surface area contributed by atoms with E-state index in [2.05, 4.69) is 50.0 Å². The summed E-state index contributed by atoms with van der Waals surface area (Å²) in [7, 11) is 0. The molecular formula is C18H31N3. The van der Waals surface area contributed by atoms with Gasteiger partial charge in [0.25, 0.3) is 0 Å². The van der Waals surface area contributed by atoms with Crippen LogP contribution in [0.5, 0.6) is 0 Å². The summed E-state index contributed by atoms with van der Waals surface area (Å²) >= 11 is 0. The molecule has 2 rings (SSSR count). The molecule has 1 fully saturated rings. The van der Waals surface area contributed by atoms with E-state index in [0.29, 0.717) is 6.04 Å². The third-order valence-corrected chi connectivity index (χ3v) is 4.03. The molecule has 1 aromatic heterocycles. The smallest absolute Gasteiger partial charge is 0.129 e. The Balaban J connectivity index is 2.15. The summed E-state index contributed by atoms with van der Waals surface area (Å²) < 4.78 is 0. The number of rotatable bonds is 9. The van der Waals surface area contributed by atoms with Crippen LogP contribution in [0.4, 0.5) is 5.82 Å². The fourth-order valence-corrected chi connectivity index (χ4v) is 2.60. The van der Waals surface area contributed by atoms with Crippen LogP contribution in [0.15, 0.2) is 12.1 Å². The summed E-state index contributed by atoms with van der Waals surface area (Å²) in [6, 6.07) is 5.07. The number of aryl methyl sites for hydroxylation is 1. The molecule has 0 unspecified atom stereocenters. The first-order valence-electron chi connectivity index (χ1n) is 8.60. The van der Waals surface area contributed by atoms with Crippen LogP contribution in [0.25, 0.3) is 0 Å². The second-order valence-electron chi connectivity index (χ2n) is 6.59. The Labute approximate surface area is 130 Å². The highest BCUT2D eigenvalue weighted by molar-refractivity contribution is 5.43. The van der Waals surface area contributed by atoms with Gasteiger partial charge in [-0.3, -0.25) is 0 Å². The van der Waals surface area contributed by atoms with Crippen LogP contribution in [0.1, 0.15) is 58.2 Å². The SMILES string of the molecule is CCCc1cc(CNC(C)C)cc(N(CC)CC2CC2)n1. The van der Waals surface area contributed by atoms with Crippen LogP contribution < -0.4 is 10.2 Å². The van der Waals surface area contributed by atoms with Gasteiger partial charge in [0.15, 0.2) is 0 Å². The summed E-state index contributed by atoms with van der Waals surface area (Å²) in [5.74, 6) is 2.08. The van der Waals surface area contributed by atoms with Crippen molar-refractivity contribution in [2.75, 3.05) is 18.0 Å². The molecule has 118 valence electrons. The molecule has 3 nitrogen and oxygen atoms in total. The van der Waals surface area contributed by atoms with Crippen LogP contribution in [0.2, 0.25) is 0 Å². The van der Waals surface area contributed by atoms with Crippen LogP contribution >= 0.6 is 0 Å². The van der Waals surface area contributed by atoms with E-state index in [0.717, 1.165) is 31.8 Å². The lowest BCUT2D eigenvalue weighted by atomic mass is 10.1. The van der Waals surface area contributed by atoms with Gasteiger partial charge in [-0.15, -0.1) is 0 Å². The van der Waals surface area contributed by atoms with Gasteiger partial charge in [0.2, 0.25) is 0 Å². The summed E-state index contributed by atoms with van der Waals surface area (Å²) in [5.41, 5.74) is 2.61. The molecule has 0 spiro atoms. The maximum Gasteiger partial charge on any atom is 0.129 e. The highest BCUT2D eigenvalue weighted by Gasteiger charge is 2.24. The van der Waals surface area contributed by atoms with Crippen molar-refractivity contribution in [2.24, 2.45) is 5.92 Å². The van der Waals surface area contributed by atoms with Gasteiger partial charge in [-0.2, -0.15) is 0 Å². The summed E-state index contributed by atoms with van der Waals surface area (Å²) in [6.45, 7) is 12.0. The van der Waals surface area contributed by atoms with Crippen molar-refractivity contribution in [1.29, 1.82) is 0 Å². The second kappa shape index (κ2) is 7.79. The van der Waals surface area contributed by atoms with E-state index < -0.39 is 0 Å². The molecule has 1 heterocycles. The molecule has 3 heteroatoms. The van der Waals surface area contributed by atoms with Gasteiger partial charge in [0.05, 0.1) is 0 Å². The molecule has 1 N–H and O–H groups in total. The quantitative estimate of drug-likeness (QED) is 0.750. The molecule has 0 aliphatic heterocycles. The normalized spacial score (nSPS) is 14.7. The number of nitrogens with one attached hydrogen (secondary N) is 1. The first-order valence-corrected chi connectivity index (χ1v) is 8.60. The van der Waals surface area contributed by atoms with Gasteiger partial charge in [0.1, 0.15) is 5.82 Å². The first-order chi connectivity index (χ1) is 10.1. The largest absolute Gasteiger partial charge is 0.357 e. The number of pyridine rings is 1. The van der Waals surface area contributed by atoms with E-state index in [1.54, 1.807) is 0 Å². The molecule has 1 saturated carbocycles.